The van der Waals surface area contributed by atoms with E-state index in [9.17, 15) is 9.18 Å². The summed E-state index contributed by atoms with van der Waals surface area (Å²) in [6.07, 6.45) is 3.50. The number of aryl methyl sites for hydroxylation is 1. The lowest BCUT2D eigenvalue weighted by Crippen LogP contribution is -2.61. The van der Waals surface area contributed by atoms with Gasteiger partial charge in [0.15, 0.2) is 5.65 Å². The largest absolute Gasteiger partial charge is 0.474 e. The Hall–Kier alpha value is -3.45. The molecule has 11 nitrogen and oxygen atoms in total. The number of benzene rings is 1. The first-order valence-corrected chi connectivity index (χ1v) is 12.1. The second kappa shape index (κ2) is 11.1. The molecule has 1 amide bonds. The van der Waals surface area contributed by atoms with Gasteiger partial charge in [-0.2, -0.15) is 13.5 Å². The van der Waals surface area contributed by atoms with E-state index in [2.05, 4.69) is 15.1 Å². The Morgan fingerprint density at radius 2 is 1.89 bits per heavy atom. The summed E-state index contributed by atoms with van der Waals surface area (Å²) in [5, 5.41) is 4.93. The molecule has 2 unspecified atom stereocenters. The summed E-state index contributed by atoms with van der Waals surface area (Å²) < 4.78 is 50.0. The van der Waals surface area contributed by atoms with Crippen molar-refractivity contribution >= 4 is 28.7 Å². The zero-order valence-corrected chi connectivity index (χ0v) is 20.8. The number of carbonyl (C=O) groups excluding carboxylic acids is 1. The van der Waals surface area contributed by atoms with Gasteiger partial charge in [-0.25, -0.2) is 23.8 Å². The highest BCUT2D eigenvalue weighted by Gasteiger charge is 2.43. The van der Waals surface area contributed by atoms with Crippen LogP contribution in [0.3, 0.4) is 0 Å². The molecular formula is C23H26FN5O6S. The molecule has 2 saturated heterocycles. The first-order valence-electron chi connectivity index (χ1n) is 11.4. The summed E-state index contributed by atoms with van der Waals surface area (Å²) in [6, 6.07) is 4.70. The molecule has 4 heterocycles. The quantitative estimate of drug-likeness (QED) is 0.511. The van der Waals surface area contributed by atoms with E-state index >= 15 is 0 Å². The van der Waals surface area contributed by atoms with Crippen LogP contribution in [0.5, 0.6) is 5.88 Å². The molecule has 2 fully saturated rings. The van der Waals surface area contributed by atoms with Gasteiger partial charge in [-0.15, -0.1) is 0 Å². The van der Waals surface area contributed by atoms with Gasteiger partial charge in [-0.1, -0.05) is 6.07 Å². The highest BCUT2D eigenvalue weighted by atomic mass is 32.1. The fourth-order valence-electron chi connectivity index (χ4n) is 4.56. The van der Waals surface area contributed by atoms with Gasteiger partial charge < -0.3 is 14.2 Å². The summed E-state index contributed by atoms with van der Waals surface area (Å²) in [5.74, 6) is 0.00975. The number of carbonyl (C=O) groups is 1. The molecule has 0 spiro atoms. The lowest BCUT2D eigenvalue weighted by atomic mass is 9.92. The van der Waals surface area contributed by atoms with Crippen molar-refractivity contribution in [3.63, 3.8) is 0 Å². The van der Waals surface area contributed by atoms with E-state index in [0.717, 1.165) is 5.56 Å². The number of aromatic nitrogens is 4. The molecule has 192 valence electrons. The maximum atomic E-state index is 14.5. The molecule has 13 heteroatoms. The average Bonchev–Trinajstić information content (AvgIpc) is 3.23. The number of piperidine rings is 1. The number of ether oxygens (including phenoxy) is 3. The Kier molecular flexibility index (Phi) is 7.89. The summed E-state index contributed by atoms with van der Waals surface area (Å²) >= 11 is -0.750. The minimum absolute atomic E-state index is 0.129. The number of fused-ring (bicyclic) bond motifs is 3. The van der Waals surface area contributed by atoms with Crippen LogP contribution in [0.2, 0.25) is 0 Å². The van der Waals surface area contributed by atoms with Crippen molar-refractivity contribution in [2.75, 3.05) is 13.2 Å². The lowest BCUT2D eigenvalue weighted by molar-refractivity contribution is -0.0931. The van der Waals surface area contributed by atoms with Gasteiger partial charge in [0.05, 0.1) is 37.6 Å². The van der Waals surface area contributed by atoms with Crippen molar-refractivity contribution in [2.24, 2.45) is 0 Å². The van der Waals surface area contributed by atoms with Crippen molar-refractivity contribution in [1.82, 2.24) is 24.6 Å². The fourth-order valence-corrected chi connectivity index (χ4v) is 4.56. The first-order chi connectivity index (χ1) is 17.3. The van der Waals surface area contributed by atoms with Gasteiger partial charge in [0.25, 0.3) is 0 Å². The molecule has 3 aromatic rings. The van der Waals surface area contributed by atoms with E-state index in [1.54, 1.807) is 17.2 Å². The minimum Gasteiger partial charge on any atom is -0.474 e. The Balaban J connectivity index is 0.000000967. The zero-order valence-electron chi connectivity index (χ0n) is 20.0. The number of rotatable bonds is 4. The number of hydrogen-bond donors (Lipinski definition) is 0. The van der Waals surface area contributed by atoms with Gasteiger partial charge in [0, 0.05) is 12.8 Å². The Morgan fingerprint density at radius 1 is 1.19 bits per heavy atom. The smallest absolute Gasteiger partial charge is 0.410 e. The standard InChI is InChI=1S/C23H26FN5O4.O2S/c1-13(2)32-23(30)28-15-7-17(8-16(28)11-31-10-15)33-22-18-9-27-29(21(18)25-12-26-22)20-5-4-14(3)6-19(20)24;1-3-2/h4-6,9,12-13,15-17H,7-8,10-11H2,1-3H3;. The molecule has 0 aliphatic carbocycles. The zero-order chi connectivity index (χ0) is 25.8. The molecule has 36 heavy (non-hydrogen) atoms. The number of hydrogen-bond acceptors (Lipinski definition) is 9. The number of nitrogens with zero attached hydrogens (tertiary/aromatic N) is 5. The van der Waals surface area contributed by atoms with Crippen molar-refractivity contribution in [3.05, 3.63) is 42.1 Å². The normalized spacial score (nSPS) is 21.0. The van der Waals surface area contributed by atoms with Crippen LogP contribution >= 0.6 is 0 Å². The fraction of sp³-hybridized carbons (Fsp3) is 0.478. The Labute approximate surface area is 210 Å². The second-order valence-corrected chi connectivity index (χ2v) is 9.03. The average molecular weight is 520 g/mol. The molecule has 5 rings (SSSR count). The molecule has 2 aromatic heterocycles. The van der Waals surface area contributed by atoms with E-state index in [4.69, 9.17) is 22.6 Å². The van der Waals surface area contributed by atoms with Crippen molar-refractivity contribution in [3.8, 4) is 11.6 Å². The highest BCUT2D eigenvalue weighted by Crippen LogP contribution is 2.33. The van der Waals surface area contributed by atoms with Crippen LogP contribution in [0, 0.1) is 12.7 Å². The topological polar surface area (TPSA) is 126 Å². The van der Waals surface area contributed by atoms with Crippen LogP contribution in [0.15, 0.2) is 30.7 Å². The molecule has 0 radical (unpaired) electrons. The van der Waals surface area contributed by atoms with Gasteiger partial charge in [-0.3, -0.25) is 4.90 Å². The van der Waals surface area contributed by atoms with Crippen LogP contribution in [0.4, 0.5) is 9.18 Å². The van der Waals surface area contributed by atoms with Crippen molar-refractivity contribution in [2.45, 2.75) is 57.9 Å². The van der Waals surface area contributed by atoms with Crippen LogP contribution in [-0.4, -0.2) is 76.7 Å². The molecule has 2 aliphatic heterocycles. The van der Waals surface area contributed by atoms with Gasteiger partial charge in [0.2, 0.25) is 5.88 Å². The van der Waals surface area contributed by atoms with E-state index in [0.29, 0.717) is 48.7 Å². The third-order valence-corrected chi connectivity index (χ3v) is 5.96. The van der Waals surface area contributed by atoms with E-state index < -0.39 is 11.6 Å². The number of amides is 1. The summed E-state index contributed by atoms with van der Waals surface area (Å²) in [5.41, 5.74) is 1.60. The maximum Gasteiger partial charge on any atom is 0.410 e. The van der Waals surface area contributed by atoms with Gasteiger partial charge in [-0.05, 0) is 38.5 Å². The molecular weight excluding hydrogens is 493 g/mol. The maximum absolute atomic E-state index is 14.5. The molecule has 0 N–H and O–H groups in total. The summed E-state index contributed by atoms with van der Waals surface area (Å²) in [7, 11) is 0. The highest BCUT2D eigenvalue weighted by molar-refractivity contribution is 7.51. The number of halogens is 1. The molecule has 2 aliphatic rings. The van der Waals surface area contributed by atoms with Crippen molar-refractivity contribution < 1.29 is 31.8 Å². The van der Waals surface area contributed by atoms with E-state index in [1.807, 2.05) is 26.8 Å². The molecule has 2 bridgehead atoms. The molecule has 0 saturated carbocycles. The monoisotopic (exact) mass is 519 g/mol. The van der Waals surface area contributed by atoms with Crippen LogP contribution < -0.4 is 4.74 Å². The summed E-state index contributed by atoms with van der Waals surface area (Å²) in [4.78, 5) is 23.0. The molecule has 1 aromatic carbocycles. The Bertz CT molecular complexity index is 1270. The number of morpholine rings is 1. The first kappa shape index (κ1) is 25.6. The Morgan fingerprint density at radius 3 is 2.53 bits per heavy atom. The molecule has 2 atom stereocenters. The predicted molar refractivity (Wildman–Crippen MR) is 126 cm³/mol. The van der Waals surface area contributed by atoms with Crippen LogP contribution in [-0.2, 0) is 21.0 Å². The van der Waals surface area contributed by atoms with E-state index in [1.165, 1.54) is 17.1 Å². The SMILES string of the molecule is Cc1ccc(-n2ncc3c(OC4CC5COCC(C4)N5C(=O)OC(C)C)ncnc32)c(F)c1.O=S=O. The third kappa shape index (κ3) is 5.36. The lowest BCUT2D eigenvalue weighted by Gasteiger charge is -2.47. The van der Waals surface area contributed by atoms with Gasteiger partial charge in [0.1, 0.15) is 29.3 Å². The third-order valence-electron chi connectivity index (χ3n) is 5.96. The predicted octanol–water partition coefficient (Wildman–Crippen LogP) is 2.75. The van der Waals surface area contributed by atoms with Gasteiger partial charge >= 0.3 is 17.7 Å². The minimum atomic E-state index is -0.750. The van der Waals surface area contributed by atoms with Crippen LogP contribution in [0.1, 0.15) is 32.3 Å². The summed E-state index contributed by atoms with van der Waals surface area (Å²) in [6.45, 7) is 6.38. The van der Waals surface area contributed by atoms with Crippen LogP contribution in [0.25, 0.3) is 16.7 Å². The van der Waals surface area contributed by atoms with E-state index in [-0.39, 0.29) is 36.2 Å². The second-order valence-electron chi connectivity index (χ2n) is 8.89. The van der Waals surface area contributed by atoms with Crippen molar-refractivity contribution in [1.29, 1.82) is 0 Å².